The molecule has 0 unspecified atom stereocenters. The Bertz CT molecular complexity index is 367. The number of rotatable bonds is 8. The van der Waals surface area contributed by atoms with E-state index in [2.05, 4.69) is 6.92 Å². The summed E-state index contributed by atoms with van der Waals surface area (Å²) in [5, 5.41) is 9.79. The van der Waals surface area contributed by atoms with Gasteiger partial charge in [0.2, 0.25) is 11.9 Å². The lowest BCUT2D eigenvalue weighted by Gasteiger charge is -2.07. The van der Waals surface area contributed by atoms with Crippen molar-refractivity contribution in [2.24, 2.45) is 12.8 Å². The molecule has 0 radical (unpaired) electrons. The zero-order valence-corrected chi connectivity index (χ0v) is 11.5. The summed E-state index contributed by atoms with van der Waals surface area (Å²) >= 11 is 0. The largest absolute Gasteiger partial charge is 0.504 e. The fourth-order valence-electron chi connectivity index (χ4n) is 1.86. The SMILES string of the molecule is CCCCCCCOc1c[n+](C)c(CN)cc1O. The van der Waals surface area contributed by atoms with Crippen molar-refractivity contribution in [1.29, 1.82) is 0 Å². The van der Waals surface area contributed by atoms with E-state index < -0.39 is 0 Å². The minimum Gasteiger partial charge on any atom is -0.504 e. The molecule has 1 aromatic rings. The minimum atomic E-state index is 0.169. The van der Waals surface area contributed by atoms with Gasteiger partial charge in [0.1, 0.15) is 7.05 Å². The Hall–Kier alpha value is -1.29. The highest BCUT2D eigenvalue weighted by Crippen LogP contribution is 2.24. The lowest BCUT2D eigenvalue weighted by Crippen LogP contribution is -2.34. The number of hydrogen-bond donors (Lipinski definition) is 2. The molecule has 0 saturated carbocycles. The first-order valence-corrected chi connectivity index (χ1v) is 6.73. The lowest BCUT2D eigenvalue weighted by molar-refractivity contribution is -0.679. The molecule has 0 bridgehead atoms. The summed E-state index contributed by atoms with van der Waals surface area (Å²) in [6.45, 7) is 3.26. The van der Waals surface area contributed by atoms with E-state index in [9.17, 15) is 5.11 Å². The van der Waals surface area contributed by atoms with E-state index in [1.165, 1.54) is 25.7 Å². The third-order valence-electron chi connectivity index (χ3n) is 3.03. The molecular formula is C14H25N2O2+. The molecule has 0 spiro atoms. The van der Waals surface area contributed by atoms with Crippen molar-refractivity contribution < 1.29 is 14.4 Å². The fourth-order valence-corrected chi connectivity index (χ4v) is 1.86. The molecule has 0 aromatic carbocycles. The topological polar surface area (TPSA) is 59.4 Å². The maximum absolute atomic E-state index is 9.79. The molecule has 0 aliphatic rings. The van der Waals surface area contributed by atoms with Gasteiger partial charge < -0.3 is 15.6 Å². The van der Waals surface area contributed by atoms with Crippen LogP contribution in [0.5, 0.6) is 11.5 Å². The second-order valence-electron chi connectivity index (χ2n) is 4.59. The highest BCUT2D eigenvalue weighted by molar-refractivity contribution is 5.35. The number of aryl methyl sites for hydroxylation is 1. The number of hydrogen-bond acceptors (Lipinski definition) is 3. The van der Waals surface area contributed by atoms with Gasteiger partial charge in [-0.15, -0.1) is 0 Å². The van der Waals surface area contributed by atoms with Gasteiger partial charge in [-0.05, 0) is 6.42 Å². The van der Waals surface area contributed by atoms with E-state index >= 15 is 0 Å². The number of ether oxygens (including phenoxy) is 1. The Balaban J connectivity index is 2.40. The van der Waals surface area contributed by atoms with Crippen LogP contribution in [0, 0.1) is 0 Å². The number of aromatic nitrogens is 1. The van der Waals surface area contributed by atoms with Crippen LogP contribution in [-0.4, -0.2) is 11.7 Å². The summed E-state index contributed by atoms with van der Waals surface area (Å²) in [5.41, 5.74) is 6.44. The molecule has 0 fully saturated rings. The summed E-state index contributed by atoms with van der Waals surface area (Å²) in [6.07, 6.45) is 7.78. The first kappa shape index (κ1) is 14.8. The molecule has 0 amide bonds. The average Bonchev–Trinajstić information content (AvgIpc) is 2.37. The second kappa shape index (κ2) is 7.93. The van der Waals surface area contributed by atoms with Crippen LogP contribution >= 0.6 is 0 Å². The maximum Gasteiger partial charge on any atom is 0.225 e. The van der Waals surface area contributed by atoms with Gasteiger partial charge in [0.25, 0.3) is 0 Å². The molecule has 3 N–H and O–H groups in total. The molecule has 4 nitrogen and oxygen atoms in total. The summed E-state index contributed by atoms with van der Waals surface area (Å²) in [6, 6.07) is 1.66. The van der Waals surface area contributed by atoms with Crippen LogP contribution in [0.15, 0.2) is 12.3 Å². The zero-order valence-electron chi connectivity index (χ0n) is 11.5. The van der Waals surface area contributed by atoms with Crippen molar-refractivity contribution in [2.45, 2.75) is 45.6 Å². The van der Waals surface area contributed by atoms with Gasteiger partial charge in [0.15, 0.2) is 11.4 Å². The molecule has 0 atom stereocenters. The van der Waals surface area contributed by atoms with Gasteiger partial charge in [-0.1, -0.05) is 32.6 Å². The number of aromatic hydroxyl groups is 1. The van der Waals surface area contributed by atoms with Crippen LogP contribution in [0.1, 0.15) is 44.7 Å². The van der Waals surface area contributed by atoms with Crippen molar-refractivity contribution in [3.8, 4) is 11.5 Å². The van der Waals surface area contributed by atoms with Gasteiger partial charge in [-0.3, -0.25) is 0 Å². The van der Waals surface area contributed by atoms with Crippen LogP contribution < -0.4 is 15.0 Å². The Labute approximate surface area is 109 Å². The van der Waals surface area contributed by atoms with Gasteiger partial charge in [-0.2, -0.15) is 0 Å². The summed E-state index contributed by atoms with van der Waals surface area (Å²) in [4.78, 5) is 0. The molecular weight excluding hydrogens is 228 g/mol. The smallest absolute Gasteiger partial charge is 0.225 e. The zero-order chi connectivity index (χ0) is 13.4. The summed E-state index contributed by atoms with van der Waals surface area (Å²) < 4.78 is 7.47. The standard InChI is InChI=1S/C14H24N2O2/c1-3-4-5-6-7-8-18-14-11-16(2)12(10-15)9-13(14)17/h9,11H,3-8,10,15H2,1-2H3/p+1. The Morgan fingerprint density at radius 2 is 2.00 bits per heavy atom. The van der Waals surface area contributed by atoms with E-state index in [1.54, 1.807) is 12.3 Å². The minimum absolute atomic E-state index is 0.169. The van der Waals surface area contributed by atoms with E-state index in [4.69, 9.17) is 10.5 Å². The predicted octanol–water partition coefficient (Wildman–Crippen LogP) is 2.02. The Morgan fingerprint density at radius 3 is 2.67 bits per heavy atom. The summed E-state index contributed by atoms with van der Waals surface area (Å²) in [5.74, 6) is 0.701. The lowest BCUT2D eigenvalue weighted by atomic mass is 10.2. The van der Waals surface area contributed by atoms with Crippen LogP contribution in [0.25, 0.3) is 0 Å². The van der Waals surface area contributed by atoms with Crippen LogP contribution in [0.2, 0.25) is 0 Å². The Morgan fingerprint density at radius 1 is 1.28 bits per heavy atom. The van der Waals surface area contributed by atoms with Gasteiger partial charge in [-0.25, -0.2) is 4.57 Å². The molecule has 0 saturated heterocycles. The van der Waals surface area contributed by atoms with E-state index in [1.807, 2.05) is 11.6 Å². The maximum atomic E-state index is 9.79. The number of pyridine rings is 1. The highest BCUT2D eigenvalue weighted by Gasteiger charge is 2.12. The van der Waals surface area contributed by atoms with E-state index in [-0.39, 0.29) is 5.75 Å². The molecule has 4 heteroatoms. The van der Waals surface area contributed by atoms with Crippen LogP contribution in [0.3, 0.4) is 0 Å². The van der Waals surface area contributed by atoms with E-state index in [0.717, 1.165) is 12.1 Å². The van der Waals surface area contributed by atoms with Crippen molar-refractivity contribution in [2.75, 3.05) is 6.61 Å². The summed E-state index contributed by atoms with van der Waals surface area (Å²) in [7, 11) is 1.90. The molecule has 1 heterocycles. The monoisotopic (exact) mass is 253 g/mol. The van der Waals surface area contributed by atoms with E-state index in [0.29, 0.717) is 18.9 Å². The van der Waals surface area contributed by atoms with Crippen LogP contribution in [-0.2, 0) is 13.6 Å². The number of unbranched alkanes of at least 4 members (excludes halogenated alkanes) is 4. The molecule has 102 valence electrons. The molecule has 1 rings (SSSR count). The predicted molar refractivity (Wildman–Crippen MR) is 71.4 cm³/mol. The third kappa shape index (κ3) is 4.53. The van der Waals surface area contributed by atoms with Crippen molar-refractivity contribution in [3.05, 3.63) is 18.0 Å². The van der Waals surface area contributed by atoms with Gasteiger partial charge in [0.05, 0.1) is 19.2 Å². The molecule has 0 aliphatic heterocycles. The van der Waals surface area contributed by atoms with Crippen molar-refractivity contribution in [1.82, 2.24) is 0 Å². The van der Waals surface area contributed by atoms with Crippen molar-refractivity contribution in [3.63, 3.8) is 0 Å². The average molecular weight is 253 g/mol. The normalized spacial score (nSPS) is 10.6. The van der Waals surface area contributed by atoms with Gasteiger partial charge >= 0.3 is 0 Å². The first-order valence-electron chi connectivity index (χ1n) is 6.73. The highest BCUT2D eigenvalue weighted by atomic mass is 16.5. The quantitative estimate of drug-likeness (QED) is 0.550. The van der Waals surface area contributed by atoms with Crippen molar-refractivity contribution >= 4 is 0 Å². The fraction of sp³-hybridized carbons (Fsp3) is 0.643. The van der Waals surface area contributed by atoms with Gasteiger partial charge in [0, 0.05) is 0 Å². The third-order valence-corrected chi connectivity index (χ3v) is 3.03. The molecule has 1 aromatic heterocycles. The molecule has 0 aliphatic carbocycles. The second-order valence-corrected chi connectivity index (χ2v) is 4.59. The Kier molecular flexibility index (Phi) is 6.50. The first-order chi connectivity index (χ1) is 8.69. The van der Waals surface area contributed by atoms with Crippen LogP contribution in [0.4, 0.5) is 0 Å². The number of nitrogens with two attached hydrogens (primary N) is 1. The number of nitrogens with zero attached hydrogens (tertiary/aromatic N) is 1. The molecule has 18 heavy (non-hydrogen) atoms.